The summed E-state index contributed by atoms with van der Waals surface area (Å²) in [5.74, 6) is 0.280. The van der Waals surface area contributed by atoms with Crippen LogP contribution in [0.5, 0.6) is 5.88 Å². The van der Waals surface area contributed by atoms with Crippen LogP contribution in [0.4, 0.5) is 4.39 Å². The molecule has 1 amide bonds. The van der Waals surface area contributed by atoms with Crippen LogP contribution in [-0.4, -0.2) is 30.2 Å². The molecule has 2 aliphatic rings. The fourth-order valence-electron chi connectivity index (χ4n) is 3.41. The molecule has 1 aromatic carbocycles. The molecule has 4 rings (SSSR count). The van der Waals surface area contributed by atoms with Crippen molar-refractivity contribution in [3.63, 3.8) is 0 Å². The average Bonchev–Trinajstić information content (AvgIpc) is 3.28. The van der Waals surface area contributed by atoms with Crippen molar-refractivity contribution in [3.05, 3.63) is 59.5 Å². The minimum atomic E-state index is -0.476. The van der Waals surface area contributed by atoms with Gasteiger partial charge in [0.1, 0.15) is 11.9 Å². The first kappa shape index (κ1) is 17.9. The molecule has 1 atom stereocenters. The number of hydrogen-bond acceptors (Lipinski definition) is 4. The number of rotatable bonds is 7. The Morgan fingerprint density at radius 2 is 2.19 bits per heavy atom. The highest BCUT2D eigenvalue weighted by atomic mass is 19.1. The van der Waals surface area contributed by atoms with Gasteiger partial charge in [-0.05, 0) is 42.5 Å². The van der Waals surface area contributed by atoms with E-state index < -0.39 is 5.41 Å². The first-order valence-electron chi connectivity index (χ1n) is 9.36. The third-order valence-electron chi connectivity index (χ3n) is 5.25. The highest BCUT2D eigenvalue weighted by Crippen LogP contribution is 2.49. The molecule has 6 heteroatoms. The van der Waals surface area contributed by atoms with Crippen molar-refractivity contribution in [1.29, 1.82) is 0 Å². The van der Waals surface area contributed by atoms with Gasteiger partial charge in [-0.1, -0.05) is 18.2 Å². The minimum Gasteiger partial charge on any atom is -0.472 e. The number of carbonyl (C=O) groups excluding carboxylic acids is 1. The number of carbonyl (C=O) groups is 1. The zero-order chi connectivity index (χ0) is 18.7. The lowest BCUT2D eigenvalue weighted by Gasteiger charge is -2.16. The summed E-state index contributed by atoms with van der Waals surface area (Å²) in [4.78, 5) is 16.9. The lowest BCUT2D eigenvalue weighted by atomic mass is 9.95. The van der Waals surface area contributed by atoms with Crippen LogP contribution in [0, 0.1) is 11.2 Å². The third kappa shape index (κ3) is 4.27. The molecule has 2 aromatic rings. The third-order valence-corrected chi connectivity index (χ3v) is 5.25. The van der Waals surface area contributed by atoms with Crippen molar-refractivity contribution in [2.45, 2.75) is 38.3 Å². The van der Waals surface area contributed by atoms with Gasteiger partial charge in [0.05, 0.1) is 18.6 Å². The van der Waals surface area contributed by atoms with Crippen molar-refractivity contribution < 1.29 is 18.7 Å². The van der Waals surface area contributed by atoms with Gasteiger partial charge in [0, 0.05) is 25.2 Å². The number of aromatic nitrogens is 1. The number of amides is 1. The Morgan fingerprint density at radius 1 is 1.33 bits per heavy atom. The maximum atomic E-state index is 13.9. The first-order valence-corrected chi connectivity index (χ1v) is 9.36. The number of nitrogens with zero attached hydrogens (tertiary/aromatic N) is 1. The second-order valence-corrected chi connectivity index (χ2v) is 7.34. The van der Waals surface area contributed by atoms with Crippen molar-refractivity contribution in [1.82, 2.24) is 10.3 Å². The van der Waals surface area contributed by atoms with Gasteiger partial charge >= 0.3 is 0 Å². The van der Waals surface area contributed by atoms with E-state index in [-0.39, 0.29) is 17.8 Å². The number of nitrogens with one attached hydrogen (secondary N) is 1. The van der Waals surface area contributed by atoms with Crippen LogP contribution in [0.1, 0.15) is 30.4 Å². The molecular formula is C21H23FN2O3. The van der Waals surface area contributed by atoms with E-state index in [1.807, 2.05) is 12.1 Å². The van der Waals surface area contributed by atoms with Gasteiger partial charge in [-0.3, -0.25) is 4.79 Å². The monoisotopic (exact) mass is 370 g/mol. The predicted octanol–water partition coefficient (Wildman–Crippen LogP) is 3.03. The standard InChI is InChI=1S/C21H23FN2O3/c22-18-4-2-1-3-16(18)12-21(7-8-21)20(25)24-13-15-5-9-23-19(11-15)27-17-6-10-26-14-17/h1-5,9,11,17H,6-8,10,12-14H2,(H,24,25). The lowest BCUT2D eigenvalue weighted by molar-refractivity contribution is -0.126. The second-order valence-electron chi connectivity index (χ2n) is 7.34. The number of pyridine rings is 1. The molecule has 142 valence electrons. The molecule has 1 N–H and O–H groups in total. The van der Waals surface area contributed by atoms with Gasteiger partial charge in [-0.2, -0.15) is 0 Å². The Morgan fingerprint density at radius 3 is 2.93 bits per heavy atom. The van der Waals surface area contributed by atoms with E-state index in [2.05, 4.69) is 10.3 Å². The second kappa shape index (κ2) is 7.64. The smallest absolute Gasteiger partial charge is 0.226 e. The Bertz CT molecular complexity index is 817. The molecule has 27 heavy (non-hydrogen) atoms. The van der Waals surface area contributed by atoms with Crippen molar-refractivity contribution in [2.75, 3.05) is 13.2 Å². The predicted molar refractivity (Wildman–Crippen MR) is 97.7 cm³/mol. The van der Waals surface area contributed by atoms with Crippen molar-refractivity contribution in [2.24, 2.45) is 5.41 Å². The Labute approximate surface area is 157 Å². The summed E-state index contributed by atoms with van der Waals surface area (Å²) >= 11 is 0. The van der Waals surface area contributed by atoms with Crippen LogP contribution in [0.3, 0.4) is 0 Å². The van der Waals surface area contributed by atoms with Gasteiger partial charge in [-0.25, -0.2) is 9.37 Å². The molecule has 0 bridgehead atoms. The molecule has 5 nitrogen and oxygen atoms in total. The van der Waals surface area contributed by atoms with E-state index in [9.17, 15) is 9.18 Å². The van der Waals surface area contributed by atoms with Crippen LogP contribution >= 0.6 is 0 Å². The van der Waals surface area contributed by atoms with E-state index >= 15 is 0 Å². The molecule has 1 aliphatic carbocycles. The Hall–Kier alpha value is -2.47. The number of halogens is 1. The highest BCUT2D eigenvalue weighted by Gasteiger charge is 2.49. The summed E-state index contributed by atoms with van der Waals surface area (Å²) < 4.78 is 25.0. The number of benzene rings is 1. The van der Waals surface area contributed by atoms with Crippen LogP contribution < -0.4 is 10.1 Å². The summed E-state index contributed by atoms with van der Waals surface area (Å²) in [5.41, 5.74) is 1.05. The molecule has 1 saturated heterocycles. The average molecular weight is 370 g/mol. The van der Waals surface area contributed by atoms with E-state index in [1.54, 1.807) is 24.4 Å². The van der Waals surface area contributed by atoms with Gasteiger partial charge in [0.2, 0.25) is 11.8 Å². The normalized spacial score (nSPS) is 20.3. The fraction of sp³-hybridized carbons (Fsp3) is 0.429. The zero-order valence-corrected chi connectivity index (χ0v) is 15.1. The summed E-state index contributed by atoms with van der Waals surface area (Å²) in [6, 6.07) is 10.4. The fourth-order valence-corrected chi connectivity index (χ4v) is 3.41. The maximum Gasteiger partial charge on any atom is 0.226 e. The Balaban J connectivity index is 1.34. The Kier molecular flexibility index (Phi) is 5.07. The van der Waals surface area contributed by atoms with E-state index in [4.69, 9.17) is 9.47 Å². The molecular weight excluding hydrogens is 347 g/mol. The van der Waals surface area contributed by atoms with E-state index in [1.165, 1.54) is 6.07 Å². The van der Waals surface area contributed by atoms with Crippen LogP contribution in [0.15, 0.2) is 42.6 Å². The molecule has 1 unspecified atom stereocenters. The number of ether oxygens (including phenoxy) is 2. The molecule has 0 spiro atoms. The molecule has 2 fully saturated rings. The van der Waals surface area contributed by atoms with Gasteiger partial charge < -0.3 is 14.8 Å². The topological polar surface area (TPSA) is 60.5 Å². The molecule has 1 saturated carbocycles. The minimum absolute atomic E-state index is 0.0192. The largest absolute Gasteiger partial charge is 0.472 e. The molecule has 0 radical (unpaired) electrons. The highest BCUT2D eigenvalue weighted by molar-refractivity contribution is 5.85. The van der Waals surface area contributed by atoms with Crippen LogP contribution in [-0.2, 0) is 22.5 Å². The lowest BCUT2D eigenvalue weighted by Crippen LogP contribution is -2.33. The van der Waals surface area contributed by atoms with Crippen molar-refractivity contribution in [3.8, 4) is 5.88 Å². The maximum absolute atomic E-state index is 13.9. The zero-order valence-electron chi connectivity index (χ0n) is 15.1. The number of hydrogen-bond donors (Lipinski definition) is 1. The summed E-state index contributed by atoms with van der Waals surface area (Å²) in [7, 11) is 0. The van der Waals surface area contributed by atoms with Crippen LogP contribution in [0.25, 0.3) is 0 Å². The SMILES string of the molecule is O=C(NCc1ccnc(OC2CCOC2)c1)C1(Cc2ccccc2F)CC1. The van der Waals surface area contributed by atoms with Gasteiger partial charge in [0.25, 0.3) is 0 Å². The van der Waals surface area contributed by atoms with Gasteiger partial charge in [0.15, 0.2) is 0 Å². The first-order chi connectivity index (χ1) is 13.1. The summed E-state index contributed by atoms with van der Waals surface area (Å²) in [6.07, 6.45) is 4.61. The van der Waals surface area contributed by atoms with Gasteiger partial charge in [-0.15, -0.1) is 0 Å². The van der Waals surface area contributed by atoms with E-state index in [0.717, 1.165) is 24.8 Å². The molecule has 1 aromatic heterocycles. The van der Waals surface area contributed by atoms with E-state index in [0.29, 0.717) is 37.6 Å². The van der Waals surface area contributed by atoms with Crippen LogP contribution in [0.2, 0.25) is 0 Å². The summed E-state index contributed by atoms with van der Waals surface area (Å²) in [6.45, 7) is 1.70. The molecule has 1 aliphatic heterocycles. The quantitative estimate of drug-likeness (QED) is 0.814. The van der Waals surface area contributed by atoms with Crippen molar-refractivity contribution >= 4 is 5.91 Å². The molecule has 2 heterocycles. The summed E-state index contributed by atoms with van der Waals surface area (Å²) in [5, 5.41) is 2.99.